The highest BCUT2D eigenvalue weighted by atomic mass is 35.5. The molecule has 2 aromatic rings. The van der Waals surface area contributed by atoms with Gasteiger partial charge in [0.15, 0.2) is 0 Å². The number of rotatable bonds is 3. The van der Waals surface area contributed by atoms with Crippen LogP contribution in [0.2, 0.25) is 5.02 Å². The summed E-state index contributed by atoms with van der Waals surface area (Å²) in [6, 6.07) is 9.36. The van der Waals surface area contributed by atoms with E-state index in [1.54, 1.807) is 4.68 Å². The fourth-order valence-electron chi connectivity index (χ4n) is 1.91. The van der Waals surface area contributed by atoms with Crippen LogP contribution in [0.1, 0.15) is 40.3 Å². The molecule has 0 aliphatic heterocycles. The zero-order valence-electron chi connectivity index (χ0n) is 13.6. The van der Waals surface area contributed by atoms with Crippen LogP contribution in [-0.4, -0.2) is 15.7 Å². The maximum absolute atomic E-state index is 12.1. The molecule has 0 saturated heterocycles. The van der Waals surface area contributed by atoms with Gasteiger partial charge in [0, 0.05) is 17.4 Å². The van der Waals surface area contributed by atoms with Crippen molar-refractivity contribution in [1.82, 2.24) is 9.78 Å². The number of hydrogen-bond donors (Lipinski definition) is 1. The van der Waals surface area contributed by atoms with Gasteiger partial charge in [0.2, 0.25) is 5.91 Å². The van der Waals surface area contributed by atoms with Crippen LogP contribution in [-0.2, 0) is 10.2 Å². The Bertz CT molecular complexity index is 683. The number of halogens is 1. The summed E-state index contributed by atoms with van der Waals surface area (Å²) >= 11 is 6.28. The predicted octanol–water partition coefficient (Wildman–Crippen LogP) is 4.42. The lowest BCUT2D eigenvalue weighted by Crippen LogP contribution is -2.20. The summed E-state index contributed by atoms with van der Waals surface area (Å²) in [6.45, 7) is 9.97. The van der Waals surface area contributed by atoms with E-state index in [4.69, 9.17) is 11.6 Å². The monoisotopic (exact) mass is 319 g/mol. The Hall–Kier alpha value is -1.81. The van der Waals surface area contributed by atoms with Crippen molar-refractivity contribution in [3.05, 3.63) is 41.0 Å². The van der Waals surface area contributed by atoms with Gasteiger partial charge in [-0.3, -0.25) is 4.79 Å². The van der Waals surface area contributed by atoms with E-state index in [-0.39, 0.29) is 17.2 Å². The Morgan fingerprint density at radius 1 is 1.27 bits per heavy atom. The molecular weight excluding hydrogens is 298 g/mol. The smallest absolute Gasteiger partial charge is 0.228 e. The number of carbonyl (C=O) groups is 1. The van der Waals surface area contributed by atoms with Gasteiger partial charge in [-0.05, 0) is 12.1 Å². The van der Waals surface area contributed by atoms with Gasteiger partial charge >= 0.3 is 0 Å². The van der Waals surface area contributed by atoms with Crippen LogP contribution in [0.4, 0.5) is 5.82 Å². The van der Waals surface area contributed by atoms with Crippen molar-refractivity contribution in [3.63, 3.8) is 0 Å². The van der Waals surface area contributed by atoms with Crippen LogP contribution < -0.4 is 5.32 Å². The quantitative estimate of drug-likeness (QED) is 0.910. The lowest BCUT2D eigenvalue weighted by atomic mass is 9.92. The van der Waals surface area contributed by atoms with Crippen molar-refractivity contribution in [2.24, 2.45) is 5.92 Å². The lowest BCUT2D eigenvalue weighted by Gasteiger charge is -2.14. The van der Waals surface area contributed by atoms with Crippen molar-refractivity contribution >= 4 is 23.3 Å². The second-order valence-corrected chi connectivity index (χ2v) is 7.08. The number of nitrogens with zero attached hydrogens (tertiary/aromatic N) is 2. The Kier molecular flexibility index (Phi) is 4.61. The van der Waals surface area contributed by atoms with E-state index in [1.165, 1.54) is 0 Å². The third-order valence-electron chi connectivity index (χ3n) is 3.33. The predicted molar refractivity (Wildman–Crippen MR) is 90.7 cm³/mol. The molecule has 22 heavy (non-hydrogen) atoms. The maximum atomic E-state index is 12.1. The molecule has 0 spiro atoms. The van der Waals surface area contributed by atoms with Gasteiger partial charge in [-0.1, -0.05) is 58.4 Å². The highest BCUT2D eigenvalue weighted by molar-refractivity contribution is 6.32. The zero-order chi connectivity index (χ0) is 16.5. The second kappa shape index (κ2) is 6.13. The van der Waals surface area contributed by atoms with Crippen molar-refractivity contribution in [2.45, 2.75) is 40.0 Å². The number of hydrogen-bond acceptors (Lipinski definition) is 2. The third-order valence-corrected chi connectivity index (χ3v) is 3.65. The first-order chi connectivity index (χ1) is 10.2. The summed E-state index contributed by atoms with van der Waals surface area (Å²) in [4.78, 5) is 12.1. The van der Waals surface area contributed by atoms with Crippen molar-refractivity contribution in [2.75, 3.05) is 5.32 Å². The first kappa shape index (κ1) is 16.6. The van der Waals surface area contributed by atoms with E-state index in [0.29, 0.717) is 10.8 Å². The third kappa shape index (κ3) is 3.50. The van der Waals surface area contributed by atoms with E-state index in [9.17, 15) is 4.79 Å². The molecule has 1 aromatic carbocycles. The van der Waals surface area contributed by atoms with Crippen LogP contribution in [0.5, 0.6) is 0 Å². The van der Waals surface area contributed by atoms with Crippen LogP contribution in [0.15, 0.2) is 30.3 Å². The number of amides is 1. The number of carbonyl (C=O) groups excluding carboxylic acids is 1. The maximum Gasteiger partial charge on any atom is 0.228 e. The van der Waals surface area contributed by atoms with Gasteiger partial charge in [0.1, 0.15) is 5.82 Å². The van der Waals surface area contributed by atoms with E-state index < -0.39 is 0 Å². The zero-order valence-corrected chi connectivity index (χ0v) is 14.4. The minimum absolute atomic E-state index is 0.0475. The van der Waals surface area contributed by atoms with Crippen molar-refractivity contribution in [1.29, 1.82) is 0 Å². The summed E-state index contributed by atoms with van der Waals surface area (Å²) < 4.78 is 1.70. The molecule has 1 N–H and O–H groups in total. The van der Waals surface area contributed by atoms with Gasteiger partial charge in [0.25, 0.3) is 0 Å². The average Bonchev–Trinajstić information content (AvgIpc) is 2.83. The lowest BCUT2D eigenvalue weighted by molar-refractivity contribution is -0.118. The molecule has 0 unspecified atom stereocenters. The van der Waals surface area contributed by atoms with Crippen LogP contribution in [0, 0.1) is 5.92 Å². The molecule has 1 aromatic heterocycles. The fourth-order valence-corrected chi connectivity index (χ4v) is 2.13. The average molecular weight is 320 g/mol. The molecule has 0 atom stereocenters. The van der Waals surface area contributed by atoms with Gasteiger partial charge in [0.05, 0.1) is 16.4 Å². The Labute approximate surface area is 136 Å². The summed E-state index contributed by atoms with van der Waals surface area (Å²) in [5.74, 6) is 0.484. The molecule has 0 radical (unpaired) electrons. The van der Waals surface area contributed by atoms with Gasteiger partial charge in [-0.15, -0.1) is 0 Å². The van der Waals surface area contributed by atoms with Crippen LogP contribution >= 0.6 is 11.6 Å². The molecule has 1 heterocycles. The second-order valence-electron chi connectivity index (χ2n) is 6.67. The fraction of sp³-hybridized carbons (Fsp3) is 0.412. The molecule has 0 fully saturated rings. The van der Waals surface area contributed by atoms with E-state index in [0.717, 1.165) is 11.4 Å². The SMILES string of the molecule is CC(C)C(=O)Nc1cc(C(C)(C)C)nn1-c1ccccc1Cl. The number of anilines is 1. The van der Waals surface area contributed by atoms with E-state index in [2.05, 4.69) is 31.2 Å². The number of nitrogens with one attached hydrogen (secondary N) is 1. The summed E-state index contributed by atoms with van der Waals surface area (Å²) in [5.41, 5.74) is 1.52. The van der Waals surface area contributed by atoms with Crippen LogP contribution in [0.25, 0.3) is 5.69 Å². The van der Waals surface area contributed by atoms with Crippen molar-refractivity contribution in [3.8, 4) is 5.69 Å². The highest BCUT2D eigenvalue weighted by Crippen LogP contribution is 2.29. The minimum Gasteiger partial charge on any atom is -0.310 e. The molecule has 0 aliphatic carbocycles. The Morgan fingerprint density at radius 2 is 1.91 bits per heavy atom. The topological polar surface area (TPSA) is 46.9 Å². The molecule has 5 heteroatoms. The normalized spacial score (nSPS) is 11.8. The molecule has 0 aliphatic rings. The number of para-hydroxylation sites is 1. The molecule has 0 bridgehead atoms. The largest absolute Gasteiger partial charge is 0.310 e. The summed E-state index contributed by atoms with van der Waals surface area (Å²) in [5, 5.41) is 8.16. The first-order valence-electron chi connectivity index (χ1n) is 7.36. The molecular formula is C17H22ClN3O. The summed E-state index contributed by atoms with van der Waals surface area (Å²) in [7, 11) is 0. The number of aromatic nitrogens is 2. The van der Waals surface area contributed by atoms with E-state index >= 15 is 0 Å². The standard InChI is InChI=1S/C17H22ClN3O/c1-11(2)16(22)19-15-10-14(17(3,4)5)20-21(15)13-9-7-6-8-12(13)18/h6-11H,1-5H3,(H,19,22). The number of benzene rings is 1. The minimum atomic E-state index is -0.121. The van der Waals surface area contributed by atoms with Gasteiger partial charge in [-0.2, -0.15) is 5.10 Å². The van der Waals surface area contributed by atoms with Crippen molar-refractivity contribution < 1.29 is 4.79 Å². The molecule has 4 nitrogen and oxygen atoms in total. The Balaban J connectivity index is 2.54. The van der Waals surface area contributed by atoms with Gasteiger partial charge < -0.3 is 5.32 Å². The van der Waals surface area contributed by atoms with E-state index in [1.807, 2.05) is 44.2 Å². The Morgan fingerprint density at radius 3 is 2.45 bits per heavy atom. The van der Waals surface area contributed by atoms with Crippen LogP contribution in [0.3, 0.4) is 0 Å². The van der Waals surface area contributed by atoms with Gasteiger partial charge in [-0.25, -0.2) is 4.68 Å². The summed E-state index contributed by atoms with van der Waals surface area (Å²) in [6.07, 6.45) is 0. The highest BCUT2D eigenvalue weighted by Gasteiger charge is 2.22. The molecule has 118 valence electrons. The molecule has 1 amide bonds. The molecule has 2 rings (SSSR count). The first-order valence-corrected chi connectivity index (χ1v) is 7.74. The molecule has 0 saturated carbocycles.